The van der Waals surface area contributed by atoms with Gasteiger partial charge in [0.2, 0.25) is 0 Å². The SMILES string of the molecule is COc1cccc([C@H](CNC(=O)c2ccc3[nH]c4c(c3c2)CCCC4)N(C)C)c1. The Morgan fingerprint density at radius 1 is 1.17 bits per heavy atom. The number of fused-ring (bicyclic) bond motifs is 3. The Morgan fingerprint density at radius 2 is 2.00 bits per heavy atom. The molecule has 1 atom stereocenters. The van der Waals surface area contributed by atoms with Crippen LogP contribution in [0.1, 0.15) is 46.1 Å². The Morgan fingerprint density at radius 3 is 2.79 bits per heavy atom. The van der Waals surface area contributed by atoms with E-state index in [1.54, 1.807) is 7.11 Å². The molecule has 1 aromatic heterocycles. The van der Waals surface area contributed by atoms with Crippen LogP contribution in [0.5, 0.6) is 5.75 Å². The average Bonchev–Trinajstić information content (AvgIpc) is 3.11. The summed E-state index contributed by atoms with van der Waals surface area (Å²) in [6, 6.07) is 14.1. The second kappa shape index (κ2) is 8.29. The number of nitrogens with zero attached hydrogens (tertiary/aromatic N) is 1. The molecule has 0 saturated carbocycles. The topological polar surface area (TPSA) is 57.4 Å². The molecule has 1 aliphatic rings. The molecule has 152 valence electrons. The zero-order chi connectivity index (χ0) is 20.4. The van der Waals surface area contributed by atoms with Gasteiger partial charge in [0, 0.05) is 28.7 Å². The second-order valence-electron chi connectivity index (χ2n) is 8.02. The van der Waals surface area contributed by atoms with Gasteiger partial charge in [0.25, 0.3) is 5.91 Å². The standard InChI is InChI=1S/C24H29N3O2/c1-27(2)23(16-7-6-8-18(13-16)29-3)15-25-24(28)17-11-12-22-20(14-17)19-9-4-5-10-21(19)26-22/h6-8,11-14,23,26H,4-5,9-10,15H2,1-3H3,(H,25,28)/t23-/m0/s1. The van der Waals surface area contributed by atoms with Gasteiger partial charge in [-0.3, -0.25) is 4.79 Å². The van der Waals surface area contributed by atoms with Crippen molar-refractivity contribution in [1.82, 2.24) is 15.2 Å². The van der Waals surface area contributed by atoms with E-state index in [-0.39, 0.29) is 11.9 Å². The number of methoxy groups -OCH3 is 1. The van der Waals surface area contributed by atoms with Crippen molar-refractivity contribution in [1.29, 1.82) is 0 Å². The van der Waals surface area contributed by atoms with Crippen molar-refractivity contribution >= 4 is 16.8 Å². The molecule has 1 aliphatic carbocycles. The maximum atomic E-state index is 12.9. The zero-order valence-corrected chi connectivity index (χ0v) is 17.4. The Balaban J connectivity index is 1.52. The van der Waals surface area contributed by atoms with Crippen molar-refractivity contribution in [2.24, 2.45) is 0 Å². The molecule has 29 heavy (non-hydrogen) atoms. The normalized spacial score (nSPS) is 14.6. The first kappa shape index (κ1) is 19.5. The number of aromatic amines is 1. The number of rotatable bonds is 6. The molecule has 0 saturated heterocycles. The first-order valence-electron chi connectivity index (χ1n) is 10.3. The van der Waals surface area contributed by atoms with Crippen LogP contribution in [-0.2, 0) is 12.8 Å². The van der Waals surface area contributed by atoms with E-state index >= 15 is 0 Å². The Labute approximate surface area is 172 Å². The smallest absolute Gasteiger partial charge is 0.251 e. The van der Waals surface area contributed by atoms with E-state index in [2.05, 4.69) is 21.3 Å². The van der Waals surface area contributed by atoms with E-state index in [1.165, 1.54) is 29.5 Å². The summed E-state index contributed by atoms with van der Waals surface area (Å²) in [7, 11) is 5.71. The maximum Gasteiger partial charge on any atom is 0.251 e. The molecular weight excluding hydrogens is 362 g/mol. The molecule has 2 aromatic carbocycles. The van der Waals surface area contributed by atoms with Crippen LogP contribution in [0.3, 0.4) is 0 Å². The molecule has 1 amide bonds. The van der Waals surface area contributed by atoms with Gasteiger partial charge in [-0.05, 0) is 81.2 Å². The quantitative estimate of drug-likeness (QED) is 0.665. The van der Waals surface area contributed by atoms with Gasteiger partial charge in [-0.15, -0.1) is 0 Å². The summed E-state index contributed by atoms with van der Waals surface area (Å²) in [6.45, 7) is 0.530. The van der Waals surface area contributed by atoms with E-state index in [1.807, 2.05) is 50.5 Å². The molecule has 5 heteroatoms. The fraction of sp³-hybridized carbons (Fsp3) is 0.375. The minimum absolute atomic E-state index is 0.0348. The molecule has 0 fully saturated rings. The van der Waals surface area contributed by atoms with Gasteiger partial charge in [-0.1, -0.05) is 12.1 Å². The van der Waals surface area contributed by atoms with Crippen LogP contribution in [0.2, 0.25) is 0 Å². The monoisotopic (exact) mass is 391 g/mol. The van der Waals surface area contributed by atoms with Crippen molar-refractivity contribution in [3.8, 4) is 5.75 Å². The molecule has 0 unspecified atom stereocenters. The average molecular weight is 392 g/mol. The van der Waals surface area contributed by atoms with Gasteiger partial charge in [0.15, 0.2) is 0 Å². The van der Waals surface area contributed by atoms with Gasteiger partial charge in [0.05, 0.1) is 13.2 Å². The van der Waals surface area contributed by atoms with Crippen LogP contribution in [0, 0.1) is 0 Å². The van der Waals surface area contributed by atoms with Crippen molar-refractivity contribution in [2.75, 3.05) is 27.7 Å². The van der Waals surface area contributed by atoms with E-state index in [0.29, 0.717) is 12.1 Å². The number of aromatic nitrogens is 1. The first-order valence-corrected chi connectivity index (χ1v) is 10.3. The van der Waals surface area contributed by atoms with Crippen LogP contribution >= 0.6 is 0 Å². The number of benzene rings is 2. The van der Waals surface area contributed by atoms with Crippen molar-refractivity contribution in [3.63, 3.8) is 0 Å². The first-order chi connectivity index (χ1) is 14.1. The molecule has 0 spiro atoms. The molecule has 3 aromatic rings. The van der Waals surface area contributed by atoms with Crippen LogP contribution in [0.25, 0.3) is 10.9 Å². The molecule has 2 N–H and O–H groups in total. The predicted molar refractivity (Wildman–Crippen MR) is 117 cm³/mol. The van der Waals surface area contributed by atoms with Gasteiger partial charge in [-0.2, -0.15) is 0 Å². The summed E-state index contributed by atoms with van der Waals surface area (Å²) < 4.78 is 5.35. The number of carbonyl (C=O) groups excluding carboxylic acids is 1. The molecule has 0 bridgehead atoms. The molecule has 0 aliphatic heterocycles. The van der Waals surface area contributed by atoms with Crippen LogP contribution in [0.4, 0.5) is 0 Å². The number of H-pyrrole nitrogens is 1. The Hall–Kier alpha value is -2.79. The minimum Gasteiger partial charge on any atom is -0.497 e. The van der Waals surface area contributed by atoms with Crippen LogP contribution in [-0.4, -0.2) is 43.5 Å². The number of hydrogen-bond acceptors (Lipinski definition) is 3. The number of amides is 1. The van der Waals surface area contributed by atoms with Crippen molar-refractivity contribution in [2.45, 2.75) is 31.7 Å². The molecule has 1 heterocycles. The summed E-state index contributed by atoms with van der Waals surface area (Å²) in [5, 5.41) is 4.32. The summed E-state index contributed by atoms with van der Waals surface area (Å²) in [5.74, 6) is 0.788. The fourth-order valence-electron chi connectivity index (χ4n) is 4.29. The van der Waals surface area contributed by atoms with Crippen LogP contribution < -0.4 is 10.1 Å². The summed E-state index contributed by atoms with van der Waals surface area (Å²) >= 11 is 0. The highest BCUT2D eigenvalue weighted by atomic mass is 16.5. The third kappa shape index (κ3) is 4.01. The third-order valence-corrected chi connectivity index (χ3v) is 5.92. The van der Waals surface area contributed by atoms with E-state index in [9.17, 15) is 4.79 Å². The highest BCUT2D eigenvalue weighted by Crippen LogP contribution is 2.30. The third-order valence-electron chi connectivity index (χ3n) is 5.92. The lowest BCUT2D eigenvalue weighted by molar-refractivity contribution is 0.0942. The molecule has 0 radical (unpaired) electrons. The second-order valence-corrected chi connectivity index (χ2v) is 8.02. The Kier molecular flexibility index (Phi) is 5.58. The number of hydrogen-bond donors (Lipinski definition) is 2. The predicted octanol–water partition coefficient (Wildman–Crippen LogP) is 4.09. The molecule has 5 nitrogen and oxygen atoms in total. The number of likely N-dealkylation sites (N-methyl/N-ethyl adjacent to an activating group) is 1. The largest absolute Gasteiger partial charge is 0.497 e. The lowest BCUT2D eigenvalue weighted by Gasteiger charge is -2.25. The van der Waals surface area contributed by atoms with Crippen molar-refractivity contribution < 1.29 is 9.53 Å². The maximum absolute atomic E-state index is 12.9. The fourth-order valence-corrected chi connectivity index (χ4v) is 4.29. The van der Waals surface area contributed by atoms with Gasteiger partial charge in [-0.25, -0.2) is 0 Å². The number of ether oxygens (including phenoxy) is 1. The highest BCUT2D eigenvalue weighted by molar-refractivity contribution is 5.99. The van der Waals surface area contributed by atoms with Crippen molar-refractivity contribution in [3.05, 3.63) is 64.8 Å². The minimum atomic E-state index is -0.0348. The molecule has 4 rings (SSSR count). The van der Waals surface area contributed by atoms with Gasteiger partial charge >= 0.3 is 0 Å². The zero-order valence-electron chi connectivity index (χ0n) is 17.4. The summed E-state index contributed by atoms with van der Waals surface area (Å²) in [5.41, 5.74) is 5.70. The number of aryl methyl sites for hydroxylation is 2. The summed E-state index contributed by atoms with van der Waals surface area (Å²) in [6.07, 6.45) is 4.67. The molecular formula is C24H29N3O2. The van der Waals surface area contributed by atoms with E-state index in [0.717, 1.165) is 29.7 Å². The number of nitrogens with one attached hydrogen (secondary N) is 2. The van der Waals surface area contributed by atoms with E-state index in [4.69, 9.17) is 4.74 Å². The lowest BCUT2D eigenvalue weighted by Crippen LogP contribution is -2.34. The lowest BCUT2D eigenvalue weighted by atomic mass is 9.95. The Bertz CT molecular complexity index is 1020. The van der Waals surface area contributed by atoms with E-state index < -0.39 is 0 Å². The van der Waals surface area contributed by atoms with Gasteiger partial charge in [0.1, 0.15) is 5.75 Å². The van der Waals surface area contributed by atoms with Gasteiger partial charge < -0.3 is 19.9 Å². The summed E-state index contributed by atoms with van der Waals surface area (Å²) in [4.78, 5) is 18.5. The highest BCUT2D eigenvalue weighted by Gasteiger charge is 2.19. The number of carbonyl (C=O) groups is 1. The van der Waals surface area contributed by atoms with Crippen LogP contribution in [0.15, 0.2) is 42.5 Å².